The lowest BCUT2D eigenvalue weighted by Crippen LogP contribution is -2.39. The van der Waals surface area contributed by atoms with Crippen LogP contribution in [0.5, 0.6) is 11.5 Å². The molecule has 0 N–H and O–H groups in total. The number of hydrogen-bond donors (Lipinski definition) is 0. The van der Waals surface area contributed by atoms with Gasteiger partial charge in [-0.25, -0.2) is 0 Å². The lowest BCUT2D eigenvalue weighted by Gasteiger charge is -2.30. The van der Waals surface area contributed by atoms with Crippen molar-refractivity contribution in [2.24, 2.45) is 5.92 Å². The molecule has 1 fully saturated rings. The lowest BCUT2D eigenvalue weighted by molar-refractivity contribution is -0.149. The van der Waals surface area contributed by atoms with E-state index < -0.39 is 0 Å². The largest absolute Gasteiger partial charge is 0.488 e. The zero-order valence-corrected chi connectivity index (χ0v) is 16.5. The van der Waals surface area contributed by atoms with Crippen LogP contribution < -0.4 is 9.47 Å². The van der Waals surface area contributed by atoms with Crippen LogP contribution in [-0.2, 0) is 16.1 Å². The topological polar surface area (TPSA) is 48.0 Å². The molecule has 0 unspecified atom stereocenters. The summed E-state index contributed by atoms with van der Waals surface area (Å²) >= 11 is 0. The average molecular weight is 383 g/mol. The standard InChI is InChI=1S/C23H29NO4/c1-2-26-23(25)20-12-14-24(15-13-20)16-17-27-21-10-6-7-11-22(21)28-18-19-8-4-3-5-9-19/h3-11,20H,2,12-18H2,1H3. The van der Waals surface area contributed by atoms with Crippen LogP contribution >= 0.6 is 0 Å². The fourth-order valence-corrected chi connectivity index (χ4v) is 3.36. The van der Waals surface area contributed by atoms with Gasteiger partial charge in [-0.05, 0) is 50.6 Å². The van der Waals surface area contributed by atoms with Crippen LogP contribution in [-0.4, -0.2) is 43.7 Å². The highest BCUT2D eigenvalue weighted by molar-refractivity contribution is 5.72. The number of esters is 1. The molecule has 2 aromatic rings. The summed E-state index contributed by atoms with van der Waals surface area (Å²) in [6.07, 6.45) is 1.71. The van der Waals surface area contributed by atoms with Crippen LogP contribution in [0.1, 0.15) is 25.3 Å². The van der Waals surface area contributed by atoms with E-state index in [0.29, 0.717) is 19.8 Å². The number of benzene rings is 2. The molecule has 0 radical (unpaired) electrons. The number of rotatable bonds is 9. The summed E-state index contributed by atoms with van der Waals surface area (Å²) in [5.41, 5.74) is 1.13. The van der Waals surface area contributed by atoms with E-state index in [4.69, 9.17) is 14.2 Å². The van der Waals surface area contributed by atoms with Crippen molar-refractivity contribution in [3.63, 3.8) is 0 Å². The maximum absolute atomic E-state index is 11.8. The number of hydrogen-bond acceptors (Lipinski definition) is 5. The van der Waals surface area contributed by atoms with E-state index >= 15 is 0 Å². The second-order valence-corrected chi connectivity index (χ2v) is 6.94. The monoisotopic (exact) mass is 383 g/mol. The van der Waals surface area contributed by atoms with Crippen LogP contribution in [0, 0.1) is 5.92 Å². The van der Waals surface area contributed by atoms with Crippen molar-refractivity contribution in [2.75, 3.05) is 32.8 Å². The van der Waals surface area contributed by atoms with Crippen LogP contribution in [0.15, 0.2) is 54.6 Å². The maximum atomic E-state index is 11.8. The Morgan fingerprint density at radius 2 is 1.61 bits per heavy atom. The van der Waals surface area contributed by atoms with Crippen LogP contribution in [0.2, 0.25) is 0 Å². The summed E-state index contributed by atoms with van der Waals surface area (Å²) in [5, 5.41) is 0. The number of carbonyl (C=O) groups excluding carboxylic acids is 1. The molecule has 2 aromatic carbocycles. The Bertz CT molecular complexity index is 726. The zero-order chi connectivity index (χ0) is 19.6. The smallest absolute Gasteiger partial charge is 0.309 e. The third kappa shape index (κ3) is 5.99. The van der Waals surface area contributed by atoms with Crippen molar-refractivity contribution in [1.29, 1.82) is 0 Å². The van der Waals surface area contributed by atoms with E-state index in [1.54, 1.807) is 0 Å². The summed E-state index contributed by atoms with van der Waals surface area (Å²) in [6, 6.07) is 17.9. The zero-order valence-electron chi connectivity index (χ0n) is 16.5. The van der Waals surface area contributed by atoms with Gasteiger partial charge in [0.15, 0.2) is 11.5 Å². The van der Waals surface area contributed by atoms with Gasteiger partial charge in [0.2, 0.25) is 0 Å². The number of likely N-dealkylation sites (tertiary alicyclic amines) is 1. The van der Waals surface area contributed by atoms with Gasteiger partial charge in [-0.2, -0.15) is 0 Å². The molecular weight excluding hydrogens is 354 g/mol. The first kappa shape index (κ1) is 20.2. The molecule has 0 spiro atoms. The molecule has 0 amide bonds. The Morgan fingerprint density at radius 3 is 2.29 bits per heavy atom. The number of piperidine rings is 1. The van der Waals surface area contributed by atoms with Crippen molar-refractivity contribution >= 4 is 5.97 Å². The molecule has 0 aromatic heterocycles. The highest BCUT2D eigenvalue weighted by Crippen LogP contribution is 2.27. The van der Waals surface area contributed by atoms with Crippen molar-refractivity contribution in [1.82, 2.24) is 4.90 Å². The molecular formula is C23H29NO4. The molecule has 1 aliphatic heterocycles. The first-order valence-electron chi connectivity index (χ1n) is 10.0. The van der Waals surface area contributed by atoms with Crippen molar-refractivity contribution in [2.45, 2.75) is 26.4 Å². The van der Waals surface area contributed by atoms with Gasteiger partial charge in [-0.1, -0.05) is 42.5 Å². The molecule has 3 rings (SSSR count). The summed E-state index contributed by atoms with van der Waals surface area (Å²) < 4.78 is 17.0. The van der Waals surface area contributed by atoms with Gasteiger partial charge >= 0.3 is 5.97 Å². The molecule has 1 heterocycles. The predicted octanol–water partition coefficient (Wildman–Crippen LogP) is 3.92. The molecule has 0 atom stereocenters. The molecule has 5 heteroatoms. The number of para-hydroxylation sites is 2. The minimum absolute atomic E-state index is 0.0456. The first-order chi connectivity index (χ1) is 13.8. The highest BCUT2D eigenvalue weighted by atomic mass is 16.5. The SMILES string of the molecule is CCOC(=O)C1CCN(CCOc2ccccc2OCc2ccccc2)CC1. The second kappa shape index (κ2) is 10.7. The predicted molar refractivity (Wildman–Crippen MR) is 109 cm³/mol. The van der Waals surface area contributed by atoms with Gasteiger partial charge in [0.1, 0.15) is 13.2 Å². The van der Waals surface area contributed by atoms with Crippen molar-refractivity contribution < 1.29 is 19.0 Å². The summed E-state index contributed by atoms with van der Waals surface area (Å²) in [5.74, 6) is 1.51. The highest BCUT2D eigenvalue weighted by Gasteiger charge is 2.25. The van der Waals surface area contributed by atoms with Crippen LogP contribution in [0.3, 0.4) is 0 Å². The summed E-state index contributed by atoms with van der Waals surface area (Å²) in [6.45, 7) is 6.06. The third-order valence-electron chi connectivity index (χ3n) is 4.96. The summed E-state index contributed by atoms with van der Waals surface area (Å²) in [4.78, 5) is 14.2. The van der Waals surface area contributed by atoms with Gasteiger partial charge in [0.05, 0.1) is 12.5 Å². The Labute approximate surface area is 167 Å². The Balaban J connectivity index is 1.42. The van der Waals surface area contributed by atoms with E-state index in [0.717, 1.165) is 49.5 Å². The minimum atomic E-state index is -0.0529. The quantitative estimate of drug-likeness (QED) is 0.614. The van der Waals surface area contributed by atoms with E-state index in [9.17, 15) is 4.79 Å². The molecule has 150 valence electrons. The summed E-state index contributed by atoms with van der Waals surface area (Å²) in [7, 11) is 0. The Morgan fingerprint density at radius 1 is 0.964 bits per heavy atom. The number of ether oxygens (including phenoxy) is 3. The average Bonchev–Trinajstić information content (AvgIpc) is 2.74. The molecule has 0 aliphatic carbocycles. The van der Waals surface area contributed by atoms with Crippen molar-refractivity contribution in [3.05, 3.63) is 60.2 Å². The lowest BCUT2D eigenvalue weighted by atomic mass is 9.97. The van der Waals surface area contributed by atoms with Gasteiger partial charge in [-0.15, -0.1) is 0 Å². The van der Waals surface area contributed by atoms with Gasteiger partial charge in [-0.3, -0.25) is 9.69 Å². The van der Waals surface area contributed by atoms with Gasteiger partial charge in [0, 0.05) is 6.54 Å². The van der Waals surface area contributed by atoms with E-state index in [1.165, 1.54) is 0 Å². The molecule has 28 heavy (non-hydrogen) atoms. The van der Waals surface area contributed by atoms with Crippen LogP contribution in [0.25, 0.3) is 0 Å². The number of carbonyl (C=O) groups is 1. The Hall–Kier alpha value is -2.53. The Kier molecular flexibility index (Phi) is 7.73. The molecule has 1 saturated heterocycles. The van der Waals surface area contributed by atoms with Gasteiger partial charge < -0.3 is 14.2 Å². The molecule has 5 nitrogen and oxygen atoms in total. The van der Waals surface area contributed by atoms with Gasteiger partial charge in [0.25, 0.3) is 0 Å². The normalized spacial score (nSPS) is 15.2. The fraction of sp³-hybridized carbons (Fsp3) is 0.435. The van der Waals surface area contributed by atoms with E-state index in [1.807, 2.05) is 61.5 Å². The molecule has 0 bridgehead atoms. The third-order valence-corrected chi connectivity index (χ3v) is 4.96. The van der Waals surface area contributed by atoms with Crippen molar-refractivity contribution in [3.8, 4) is 11.5 Å². The molecule has 0 saturated carbocycles. The minimum Gasteiger partial charge on any atom is -0.488 e. The first-order valence-corrected chi connectivity index (χ1v) is 10.0. The number of nitrogens with zero attached hydrogens (tertiary/aromatic N) is 1. The fourth-order valence-electron chi connectivity index (χ4n) is 3.36. The molecule has 1 aliphatic rings. The van der Waals surface area contributed by atoms with E-state index in [-0.39, 0.29) is 11.9 Å². The second-order valence-electron chi connectivity index (χ2n) is 6.94. The maximum Gasteiger partial charge on any atom is 0.309 e. The van der Waals surface area contributed by atoms with E-state index in [2.05, 4.69) is 4.90 Å². The van der Waals surface area contributed by atoms with Crippen LogP contribution in [0.4, 0.5) is 0 Å².